The molecule has 0 aromatic rings. The van der Waals surface area contributed by atoms with Crippen LogP contribution < -0.4 is 11.3 Å². The fraction of sp³-hybridized carbons (Fsp3) is 0.909. The number of hydrazine groups is 1. The van der Waals surface area contributed by atoms with Crippen LogP contribution in [0, 0.1) is 0 Å². The molecule has 4 heteroatoms. The molecule has 0 saturated heterocycles. The molecule has 1 amide bonds. The summed E-state index contributed by atoms with van der Waals surface area (Å²) in [5, 5.41) is 0. The first-order valence-corrected chi connectivity index (χ1v) is 5.94. The second-order valence-corrected chi connectivity index (χ2v) is 4.44. The minimum atomic E-state index is -0.0651. The minimum Gasteiger partial charge on any atom is -0.297 e. The first-order valence-electron chi connectivity index (χ1n) is 5.94. The standard InChI is InChI=1S/C11H23N3O/c1-3-4-7-14(10-5-6-10)9(2)8-11(15)13-12/h9-10H,3-8,12H2,1-2H3,(H,13,15). The van der Waals surface area contributed by atoms with Gasteiger partial charge in [0.1, 0.15) is 0 Å². The molecule has 1 unspecified atom stereocenters. The Morgan fingerprint density at radius 2 is 2.27 bits per heavy atom. The van der Waals surface area contributed by atoms with Crippen molar-refractivity contribution in [1.82, 2.24) is 10.3 Å². The number of nitrogens with two attached hydrogens (primary N) is 1. The van der Waals surface area contributed by atoms with Gasteiger partial charge in [-0.2, -0.15) is 0 Å². The molecule has 1 fully saturated rings. The Morgan fingerprint density at radius 3 is 2.73 bits per heavy atom. The third kappa shape index (κ3) is 4.18. The maximum absolute atomic E-state index is 11.2. The summed E-state index contributed by atoms with van der Waals surface area (Å²) < 4.78 is 0. The van der Waals surface area contributed by atoms with Gasteiger partial charge in [0.25, 0.3) is 0 Å². The average Bonchev–Trinajstić information content (AvgIpc) is 3.02. The predicted molar refractivity (Wildman–Crippen MR) is 61.0 cm³/mol. The Labute approximate surface area is 92.2 Å². The van der Waals surface area contributed by atoms with Crippen LogP contribution in [0.1, 0.15) is 46.0 Å². The highest BCUT2D eigenvalue weighted by molar-refractivity contribution is 5.75. The van der Waals surface area contributed by atoms with Crippen molar-refractivity contribution in [3.05, 3.63) is 0 Å². The van der Waals surface area contributed by atoms with Crippen molar-refractivity contribution in [1.29, 1.82) is 0 Å². The lowest BCUT2D eigenvalue weighted by atomic mass is 10.1. The monoisotopic (exact) mass is 213 g/mol. The number of carbonyl (C=O) groups is 1. The molecule has 1 aliphatic carbocycles. The zero-order valence-corrected chi connectivity index (χ0v) is 9.83. The summed E-state index contributed by atoms with van der Waals surface area (Å²) in [7, 11) is 0. The highest BCUT2D eigenvalue weighted by atomic mass is 16.2. The Hall–Kier alpha value is -0.610. The van der Waals surface area contributed by atoms with Gasteiger partial charge in [0.2, 0.25) is 5.91 Å². The van der Waals surface area contributed by atoms with Crippen LogP contribution in [0.15, 0.2) is 0 Å². The molecular formula is C11H23N3O. The molecule has 1 rings (SSSR count). The molecule has 0 bridgehead atoms. The Balaban J connectivity index is 2.36. The van der Waals surface area contributed by atoms with Crippen molar-refractivity contribution < 1.29 is 4.79 Å². The van der Waals surface area contributed by atoms with Gasteiger partial charge in [0.05, 0.1) is 0 Å². The van der Waals surface area contributed by atoms with Crippen LogP contribution in [0.5, 0.6) is 0 Å². The smallest absolute Gasteiger partial charge is 0.235 e. The van der Waals surface area contributed by atoms with E-state index in [0.29, 0.717) is 12.5 Å². The summed E-state index contributed by atoms with van der Waals surface area (Å²) in [6.45, 7) is 5.42. The molecule has 88 valence electrons. The lowest BCUT2D eigenvalue weighted by molar-refractivity contribution is -0.122. The van der Waals surface area contributed by atoms with Crippen LogP contribution in [0.3, 0.4) is 0 Å². The number of hydrogen-bond acceptors (Lipinski definition) is 3. The second-order valence-electron chi connectivity index (χ2n) is 4.44. The highest BCUT2D eigenvalue weighted by Crippen LogP contribution is 2.29. The lowest BCUT2D eigenvalue weighted by Crippen LogP contribution is -2.41. The van der Waals surface area contributed by atoms with Gasteiger partial charge < -0.3 is 0 Å². The van der Waals surface area contributed by atoms with E-state index in [2.05, 4.69) is 24.2 Å². The number of amides is 1. The number of nitrogens with one attached hydrogen (secondary N) is 1. The fourth-order valence-electron chi connectivity index (χ4n) is 1.95. The Morgan fingerprint density at radius 1 is 1.60 bits per heavy atom. The molecule has 1 atom stereocenters. The van der Waals surface area contributed by atoms with E-state index >= 15 is 0 Å². The normalized spacial score (nSPS) is 17.9. The van der Waals surface area contributed by atoms with E-state index in [1.54, 1.807) is 0 Å². The van der Waals surface area contributed by atoms with Gasteiger partial charge in [0, 0.05) is 18.5 Å². The molecule has 0 radical (unpaired) electrons. The van der Waals surface area contributed by atoms with Crippen molar-refractivity contribution in [3.8, 4) is 0 Å². The van der Waals surface area contributed by atoms with Crippen molar-refractivity contribution in [2.75, 3.05) is 6.54 Å². The van der Waals surface area contributed by atoms with Gasteiger partial charge in [-0.15, -0.1) is 0 Å². The molecular weight excluding hydrogens is 190 g/mol. The van der Waals surface area contributed by atoms with E-state index in [4.69, 9.17) is 5.84 Å². The van der Waals surface area contributed by atoms with Crippen LogP contribution in [0.4, 0.5) is 0 Å². The lowest BCUT2D eigenvalue weighted by Gasteiger charge is -2.28. The SMILES string of the molecule is CCCCN(C(C)CC(=O)NN)C1CC1. The summed E-state index contributed by atoms with van der Waals surface area (Å²) in [6, 6.07) is 1.03. The third-order valence-electron chi connectivity index (χ3n) is 2.99. The summed E-state index contributed by atoms with van der Waals surface area (Å²) in [5.74, 6) is 5.03. The molecule has 4 nitrogen and oxygen atoms in total. The number of carbonyl (C=O) groups excluding carboxylic acids is 1. The largest absolute Gasteiger partial charge is 0.297 e. The van der Waals surface area contributed by atoms with Gasteiger partial charge in [-0.1, -0.05) is 13.3 Å². The number of hydrogen-bond donors (Lipinski definition) is 2. The highest BCUT2D eigenvalue weighted by Gasteiger charge is 2.32. The van der Waals surface area contributed by atoms with Gasteiger partial charge in [0.15, 0.2) is 0 Å². The zero-order chi connectivity index (χ0) is 11.3. The Bertz CT molecular complexity index is 204. The molecule has 0 spiro atoms. The maximum atomic E-state index is 11.2. The quantitative estimate of drug-likeness (QED) is 0.377. The summed E-state index contributed by atoms with van der Waals surface area (Å²) in [6.07, 6.45) is 5.51. The maximum Gasteiger partial charge on any atom is 0.235 e. The van der Waals surface area contributed by atoms with Gasteiger partial charge in [-0.3, -0.25) is 15.1 Å². The van der Waals surface area contributed by atoms with Crippen LogP contribution in [-0.4, -0.2) is 29.4 Å². The molecule has 0 aromatic heterocycles. The van der Waals surface area contributed by atoms with Crippen LogP contribution >= 0.6 is 0 Å². The van der Waals surface area contributed by atoms with E-state index in [1.807, 2.05) is 0 Å². The van der Waals surface area contributed by atoms with Gasteiger partial charge in [-0.25, -0.2) is 5.84 Å². The summed E-state index contributed by atoms with van der Waals surface area (Å²) in [5.41, 5.74) is 2.20. The number of rotatable bonds is 7. The van der Waals surface area contributed by atoms with Crippen molar-refractivity contribution in [2.24, 2.45) is 5.84 Å². The van der Waals surface area contributed by atoms with Gasteiger partial charge >= 0.3 is 0 Å². The van der Waals surface area contributed by atoms with Crippen molar-refractivity contribution >= 4 is 5.91 Å². The Kier molecular flexibility index (Phi) is 5.05. The number of nitrogens with zero attached hydrogens (tertiary/aromatic N) is 1. The van der Waals surface area contributed by atoms with Crippen molar-refractivity contribution in [3.63, 3.8) is 0 Å². The fourth-order valence-corrected chi connectivity index (χ4v) is 1.95. The summed E-state index contributed by atoms with van der Waals surface area (Å²) >= 11 is 0. The molecule has 0 aliphatic heterocycles. The van der Waals surface area contributed by atoms with Gasteiger partial charge in [-0.05, 0) is 32.7 Å². The molecule has 0 heterocycles. The van der Waals surface area contributed by atoms with Crippen LogP contribution in [-0.2, 0) is 4.79 Å². The predicted octanol–water partition coefficient (Wildman–Crippen LogP) is 1.02. The summed E-state index contributed by atoms with van der Waals surface area (Å²) in [4.78, 5) is 13.6. The van der Waals surface area contributed by atoms with E-state index in [9.17, 15) is 4.79 Å². The molecule has 3 N–H and O–H groups in total. The van der Waals surface area contributed by atoms with E-state index in [1.165, 1.54) is 25.7 Å². The zero-order valence-electron chi connectivity index (χ0n) is 9.83. The van der Waals surface area contributed by atoms with Crippen LogP contribution in [0.2, 0.25) is 0 Å². The first-order chi connectivity index (χ1) is 7.19. The molecule has 15 heavy (non-hydrogen) atoms. The topological polar surface area (TPSA) is 58.4 Å². The van der Waals surface area contributed by atoms with Crippen molar-refractivity contribution in [2.45, 2.75) is 58.0 Å². The van der Waals surface area contributed by atoms with Crippen LogP contribution in [0.25, 0.3) is 0 Å². The molecule has 1 aliphatic rings. The second kappa shape index (κ2) is 6.08. The molecule has 0 aromatic carbocycles. The van der Waals surface area contributed by atoms with E-state index < -0.39 is 0 Å². The van der Waals surface area contributed by atoms with E-state index in [-0.39, 0.29) is 5.91 Å². The first kappa shape index (κ1) is 12.5. The average molecular weight is 213 g/mol. The molecule has 1 saturated carbocycles. The third-order valence-corrected chi connectivity index (χ3v) is 2.99. The van der Waals surface area contributed by atoms with E-state index in [0.717, 1.165) is 12.6 Å². The number of unbranched alkanes of at least 4 members (excludes halogenated alkanes) is 1. The minimum absolute atomic E-state index is 0.0651.